The molecule has 0 N–H and O–H groups in total. The van der Waals surface area contributed by atoms with Gasteiger partial charge in [0, 0.05) is 133 Å². The lowest BCUT2D eigenvalue weighted by Crippen LogP contribution is -1.98. The third-order valence-electron chi connectivity index (χ3n) is 27.4. The Hall–Kier alpha value is -18.8. The van der Waals surface area contributed by atoms with Crippen molar-refractivity contribution in [3.05, 3.63) is 486 Å². The van der Waals surface area contributed by atoms with Gasteiger partial charge in [-0.25, -0.2) is 19.9 Å². The fraction of sp³-hybridized carbons (Fsp3) is 0. The minimum absolute atomic E-state index is 0.860. The molecule has 0 fully saturated rings. The Balaban J connectivity index is 0.000000106. The summed E-state index contributed by atoms with van der Waals surface area (Å²) < 4.78 is 14.3. The predicted octanol–water partition coefficient (Wildman–Crippen LogP) is 31.8. The monoisotopic (exact) mass is 1760 g/mol. The first-order valence-electron chi connectivity index (χ1n) is 46.7. The van der Waals surface area contributed by atoms with Crippen LogP contribution in [-0.4, -0.2) is 57.3 Å². The first-order valence-corrected chi connectivity index (χ1v) is 46.7. The van der Waals surface area contributed by atoms with E-state index >= 15 is 0 Å². The zero-order chi connectivity index (χ0) is 90.8. The molecular formula is C126H80N12. The van der Waals surface area contributed by atoms with Crippen molar-refractivity contribution in [1.82, 2.24) is 57.3 Å². The molecule has 0 saturated carbocycles. The topological polar surface area (TPSA) is 107 Å². The Labute approximate surface area is 791 Å². The van der Waals surface area contributed by atoms with E-state index in [4.69, 9.17) is 19.9 Å². The molecule has 0 spiro atoms. The molecule has 0 aliphatic carbocycles. The summed E-state index contributed by atoms with van der Waals surface area (Å²) in [7, 11) is 0. The van der Waals surface area contributed by atoms with Crippen molar-refractivity contribution in [2.45, 2.75) is 0 Å². The molecule has 138 heavy (non-hydrogen) atoms. The minimum Gasteiger partial charge on any atom is -0.309 e. The van der Waals surface area contributed by atoms with Crippen LogP contribution in [0.5, 0.6) is 0 Å². The van der Waals surface area contributed by atoms with Crippen molar-refractivity contribution in [2.75, 3.05) is 0 Å². The largest absolute Gasteiger partial charge is 0.309 e. The second-order valence-corrected chi connectivity index (χ2v) is 35.1. The highest BCUT2D eigenvalue weighted by molar-refractivity contribution is 6.32. The highest BCUT2D eigenvalue weighted by atomic mass is 15.0. The molecular weight excluding hydrogens is 1680 g/mol. The van der Waals surface area contributed by atoms with E-state index < -0.39 is 0 Å². The summed E-state index contributed by atoms with van der Waals surface area (Å²) in [4.78, 5) is 30.0. The van der Waals surface area contributed by atoms with E-state index in [9.17, 15) is 0 Å². The molecule has 9 aromatic heterocycles. The molecule has 0 atom stereocenters. The van der Waals surface area contributed by atoms with E-state index in [1.807, 2.05) is 24.3 Å². The van der Waals surface area contributed by atoms with Crippen LogP contribution < -0.4 is 0 Å². The standard InChI is InChI=1S/C50H32N4.C44H28N4.C32H20N4/c1-4-15-33(16-5-1)49-50(34-17-6-2-7-18-34)52-42-32-36(27-28-41(42)51-49)35-19-14-22-38(31-35)54-44-26-13-11-24-40(44)48-46(54)30-29-45-47(48)39-23-10-12-25-43(39)53(45)37-20-8-3-9-21-37;1-4-14-29(15-5-1)43-44(30-16-6-2-7-17-30)46-36-28-32(24-25-35(36)45-43)48-38-23-13-11-21-34(38)42-40(48)27-26-39-41(42)33-20-10-12-22-37(33)47(39)31-18-8-3-9-19-31;1-2-8-21(9-3-1)35-27-12-6-4-10-23(27)31-29(35)16-17-30-32(31)24-11-5-7-13-28(24)36(30)22-14-15-25-26(20-22)34-19-18-33-25/h1-32H;1-28H;1-20H. The number of rotatable bonds is 11. The van der Waals surface area contributed by atoms with Crippen molar-refractivity contribution in [3.8, 4) is 90.3 Å². The fourth-order valence-electron chi connectivity index (χ4n) is 21.5. The SMILES string of the molecule is c1ccc(-c2nc3ccc(-c4cccc(-n5c6ccccc6c6c7c8ccccc8n(-c8ccccc8)c7ccc65)c4)cc3nc2-c2ccccc2)cc1.c1ccc(-c2nc3ccc(-n4c5ccccc5c5c6c7ccccc7n(-c7ccccc7)c6ccc54)cc3nc2-c2ccccc2)cc1.c1ccc(-n2c3ccccc3c3c4c5ccccc5n(-c5ccc6nccnc6c5)c4ccc32)cc1. The molecule has 0 unspecified atom stereocenters. The van der Waals surface area contributed by atoms with E-state index in [2.05, 4.69) is 486 Å². The van der Waals surface area contributed by atoms with Crippen LogP contribution in [-0.2, 0) is 0 Å². The van der Waals surface area contributed by atoms with Crippen molar-refractivity contribution < 1.29 is 0 Å². The van der Waals surface area contributed by atoms with Crippen LogP contribution in [0.2, 0.25) is 0 Å². The maximum Gasteiger partial charge on any atom is 0.0973 e. The molecule has 0 aliphatic heterocycles. The molecule has 29 aromatic rings. The first kappa shape index (κ1) is 79.0. The van der Waals surface area contributed by atoms with Gasteiger partial charge in [-0.2, -0.15) is 0 Å². The van der Waals surface area contributed by atoms with Crippen LogP contribution in [0.4, 0.5) is 0 Å². The summed E-state index contributed by atoms with van der Waals surface area (Å²) in [5, 5.41) is 15.1. The number of nitrogens with zero attached hydrogens (tertiary/aromatic N) is 12. The molecule has 12 nitrogen and oxygen atoms in total. The zero-order valence-corrected chi connectivity index (χ0v) is 74.6. The number of aromatic nitrogens is 12. The van der Waals surface area contributed by atoms with Gasteiger partial charge in [0.2, 0.25) is 0 Å². The second kappa shape index (κ2) is 32.6. The zero-order valence-electron chi connectivity index (χ0n) is 74.6. The highest BCUT2D eigenvalue weighted by Crippen LogP contribution is 2.48. The first-order chi connectivity index (χ1) is 68.5. The van der Waals surface area contributed by atoms with E-state index in [1.165, 1.54) is 125 Å². The van der Waals surface area contributed by atoms with Crippen molar-refractivity contribution >= 4 is 164 Å². The average Bonchev–Trinajstić information content (AvgIpc) is 1.55. The Bertz CT molecular complexity index is 9890. The predicted molar refractivity (Wildman–Crippen MR) is 572 cm³/mol. The molecule has 29 rings (SSSR count). The number of hydrogen-bond acceptors (Lipinski definition) is 6. The lowest BCUT2D eigenvalue weighted by Gasteiger charge is -2.13. The number of fused-ring (bicyclic) bond motifs is 24. The van der Waals surface area contributed by atoms with Gasteiger partial charge in [0.05, 0.1) is 122 Å². The van der Waals surface area contributed by atoms with Crippen LogP contribution in [0.25, 0.3) is 254 Å². The Morgan fingerprint density at radius 1 is 0.130 bits per heavy atom. The van der Waals surface area contributed by atoms with E-state index in [1.54, 1.807) is 12.4 Å². The number of benzene rings is 20. The molecule has 20 aromatic carbocycles. The lowest BCUT2D eigenvalue weighted by atomic mass is 10.0. The summed E-state index contributed by atoms with van der Waals surface area (Å²) >= 11 is 0. The second-order valence-electron chi connectivity index (χ2n) is 35.1. The van der Waals surface area contributed by atoms with Gasteiger partial charge in [-0.05, 0) is 181 Å². The third kappa shape index (κ3) is 12.9. The van der Waals surface area contributed by atoms with Crippen LogP contribution >= 0.6 is 0 Å². The molecule has 0 radical (unpaired) electrons. The van der Waals surface area contributed by atoms with Crippen LogP contribution in [0, 0.1) is 0 Å². The van der Waals surface area contributed by atoms with Gasteiger partial charge >= 0.3 is 0 Å². The Kier molecular flexibility index (Phi) is 18.7. The molecule has 0 bridgehead atoms. The van der Waals surface area contributed by atoms with Gasteiger partial charge in [0.25, 0.3) is 0 Å². The molecule has 0 amide bonds. The summed E-state index contributed by atoms with van der Waals surface area (Å²) in [6, 6.07) is 168. The van der Waals surface area contributed by atoms with Crippen molar-refractivity contribution in [3.63, 3.8) is 0 Å². The summed E-state index contributed by atoms with van der Waals surface area (Å²) in [5.41, 5.74) is 36.2. The minimum atomic E-state index is 0.860. The molecule has 9 heterocycles. The molecule has 0 aliphatic rings. The Morgan fingerprint density at radius 3 is 0.681 bits per heavy atom. The van der Waals surface area contributed by atoms with Crippen LogP contribution in [0.1, 0.15) is 0 Å². The smallest absolute Gasteiger partial charge is 0.0973 e. The van der Waals surface area contributed by atoms with Gasteiger partial charge in [-0.3, -0.25) is 9.97 Å². The van der Waals surface area contributed by atoms with Gasteiger partial charge < -0.3 is 27.4 Å². The summed E-state index contributed by atoms with van der Waals surface area (Å²) in [6.45, 7) is 0. The van der Waals surface area contributed by atoms with Gasteiger partial charge in [0.1, 0.15) is 0 Å². The number of para-hydroxylation sites is 9. The fourth-order valence-corrected chi connectivity index (χ4v) is 21.5. The maximum absolute atomic E-state index is 5.30. The maximum atomic E-state index is 5.30. The number of hydrogen-bond donors (Lipinski definition) is 0. The van der Waals surface area contributed by atoms with Gasteiger partial charge in [-0.15, -0.1) is 0 Å². The molecule has 12 heteroatoms. The third-order valence-corrected chi connectivity index (χ3v) is 27.4. The van der Waals surface area contributed by atoms with Crippen molar-refractivity contribution in [1.29, 1.82) is 0 Å². The van der Waals surface area contributed by atoms with E-state index in [0.717, 1.165) is 129 Å². The molecule has 644 valence electrons. The summed E-state index contributed by atoms with van der Waals surface area (Å²) in [6.07, 6.45) is 3.49. The summed E-state index contributed by atoms with van der Waals surface area (Å²) in [5.74, 6) is 0. The van der Waals surface area contributed by atoms with Crippen LogP contribution in [0.15, 0.2) is 486 Å². The van der Waals surface area contributed by atoms with Crippen molar-refractivity contribution in [2.24, 2.45) is 0 Å². The van der Waals surface area contributed by atoms with Gasteiger partial charge in [-0.1, -0.05) is 303 Å². The average molecular weight is 1760 g/mol. The lowest BCUT2D eigenvalue weighted by molar-refractivity contribution is 1.17. The van der Waals surface area contributed by atoms with E-state index in [-0.39, 0.29) is 0 Å². The normalized spacial score (nSPS) is 11.8. The van der Waals surface area contributed by atoms with E-state index in [0.29, 0.717) is 0 Å². The van der Waals surface area contributed by atoms with Crippen LogP contribution in [0.3, 0.4) is 0 Å². The van der Waals surface area contributed by atoms with Gasteiger partial charge in [0.15, 0.2) is 0 Å². The highest BCUT2D eigenvalue weighted by Gasteiger charge is 2.27. The quantitative estimate of drug-likeness (QED) is 0.128. The molecule has 0 saturated heterocycles. The Morgan fingerprint density at radius 2 is 0.355 bits per heavy atom.